The van der Waals surface area contributed by atoms with Crippen molar-refractivity contribution in [3.05, 3.63) is 33.3 Å². The highest BCUT2D eigenvalue weighted by Gasteiger charge is 2.40. The Morgan fingerprint density at radius 2 is 2.06 bits per heavy atom. The van der Waals surface area contributed by atoms with Crippen molar-refractivity contribution in [2.24, 2.45) is 0 Å². The molecular weight excluding hydrogens is 271 g/mol. The second-order valence-corrected chi connectivity index (χ2v) is 5.83. The summed E-state index contributed by atoms with van der Waals surface area (Å²) in [5.41, 5.74) is 1.41. The number of likely N-dealkylation sites (tertiary alicyclic amines) is 1. The number of piperazine rings is 1. The van der Waals surface area contributed by atoms with Crippen LogP contribution in [0.4, 0.5) is 0 Å². The molecule has 18 heavy (non-hydrogen) atoms. The van der Waals surface area contributed by atoms with E-state index in [1.165, 1.54) is 0 Å². The van der Waals surface area contributed by atoms with Gasteiger partial charge in [0.05, 0.1) is 0 Å². The van der Waals surface area contributed by atoms with E-state index in [2.05, 4.69) is 5.32 Å². The fraction of sp³-hybridized carbons (Fsp3) is 0.462. The van der Waals surface area contributed by atoms with Crippen LogP contribution in [-0.4, -0.2) is 36.0 Å². The van der Waals surface area contributed by atoms with Crippen molar-refractivity contribution < 1.29 is 4.79 Å². The number of hydrogen-bond donors (Lipinski definition) is 1. The molecule has 3 nitrogen and oxygen atoms in total. The SMILES string of the molecule is Cc1c(Cl)cc(C(=O)N2CC3CC2CN3)cc1Cl. The summed E-state index contributed by atoms with van der Waals surface area (Å²) in [7, 11) is 0. The maximum absolute atomic E-state index is 12.4. The molecule has 0 radical (unpaired) electrons. The van der Waals surface area contributed by atoms with E-state index in [0.717, 1.165) is 25.1 Å². The molecule has 2 aliphatic heterocycles. The predicted octanol–water partition coefficient (Wildman–Crippen LogP) is 2.49. The number of benzene rings is 1. The molecule has 0 saturated carbocycles. The van der Waals surface area contributed by atoms with Crippen LogP contribution in [0.1, 0.15) is 22.3 Å². The number of carbonyl (C=O) groups is 1. The average molecular weight is 285 g/mol. The second-order valence-electron chi connectivity index (χ2n) is 5.02. The van der Waals surface area contributed by atoms with Crippen molar-refractivity contribution in [3.8, 4) is 0 Å². The van der Waals surface area contributed by atoms with Crippen LogP contribution in [0.5, 0.6) is 0 Å². The van der Waals surface area contributed by atoms with E-state index >= 15 is 0 Å². The number of nitrogens with one attached hydrogen (secondary N) is 1. The molecule has 1 aromatic rings. The summed E-state index contributed by atoms with van der Waals surface area (Å²) < 4.78 is 0. The van der Waals surface area contributed by atoms with Gasteiger partial charge in [-0.15, -0.1) is 0 Å². The van der Waals surface area contributed by atoms with Gasteiger partial charge in [0.15, 0.2) is 0 Å². The van der Waals surface area contributed by atoms with Gasteiger partial charge in [-0.25, -0.2) is 0 Å². The molecule has 1 N–H and O–H groups in total. The van der Waals surface area contributed by atoms with Crippen LogP contribution in [0.3, 0.4) is 0 Å². The Morgan fingerprint density at radius 3 is 2.56 bits per heavy atom. The topological polar surface area (TPSA) is 32.3 Å². The van der Waals surface area contributed by atoms with Gasteiger partial charge in [0.1, 0.15) is 0 Å². The van der Waals surface area contributed by atoms with Crippen LogP contribution >= 0.6 is 23.2 Å². The van der Waals surface area contributed by atoms with Gasteiger partial charge in [0.25, 0.3) is 5.91 Å². The van der Waals surface area contributed by atoms with Gasteiger partial charge in [-0.05, 0) is 31.0 Å². The first-order chi connectivity index (χ1) is 8.56. The molecule has 2 atom stereocenters. The van der Waals surface area contributed by atoms with Gasteiger partial charge in [-0.1, -0.05) is 23.2 Å². The summed E-state index contributed by atoms with van der Waals surface area (Å²) >= 11 is 12.2. The molecular formula is C13H14Cl2N2O. The number of halogens is 2. The number of amides is 1. The highest BCUT2D eigenvalue weighted by molar-refractivity contribution is 6.36. The molecule has 0 aliphatic carbocycles. The van der Waals surface area contributed by atoms with Gasteiger partial charge < -0.3 is 10.2 Å². The third kappa shape index (κ3) is 1.91. The Kier molecular flexibility index (Phi) is 3.00. The standard InChI is InChI=1S/C13H14Cl2N2O/c1-7-11(14)2-8(3-12(7)15)13(18)17-6-9-4-10(17)5-16-9/h2-3,9-10,16H,4-6H2,1H3. The first-order valence-electron chi connectivity index (χ1n) is 6.06. The van der Waals surface area contributed by atoms with E-state index in [4.69, 9.17) is 23.2 Å². The monoisotopic (exact) mass is 284 g/mol. The maximum Gasteiger partial charge on any atom is 0.254 e. The molecule has 96 valence electrons. The van der Waals surface area contributed by atoms with Crippen molar-refractivity contribution in [1.82, 2.24) is 10.2 Å². The molecule has 0 aromatic heterocycles. The van der Waals surface area contributed by atoms with E-state index in [1.807, 2.05) is 11.8 Å². The number of carbonyl (C=O) groups excluding carboxylic acids is 1. The zero-order valence-electron chi connectivity index (χ0n) is 10.0. The van der Waals surface area contributed by atoms with Crippen LogP contribution in [0.2, 0.25) is 10.0 Å². The summed E-state index contributed by atoms with van der Waals surface area (Å²) in [6, 6.07) is 4.20. The Hall–Kier alpha value is -0.770. The lowest BCUT2D eigenvalue weighted by Crippen LogP contribution is -2.46. The first kappa shape index (κ1) is 12.3. The quantitative estimate of drug-likeness (QED) is 0.859. The van der Waals surface area contributed by atoms with Gasteiger partial charge in [0.2, 0.25) is 0 Å². The third-order valence-corrected chi connectivity index (χ3v) is 4.63. The van der Waals surface area contributed by atoms with Crippen molar-refractivity contribution in [1.29, 1.82) is 0 Å². The molecule has 5 heteroatoms. The smallest absolute Gasteiger partial charge is 0.254 e. The van der Waals surface area contributed by atoms with Crippen LogP contribution < -0.4 is 5.32 Å². The summed E-state index contributed by atoms with van der Waals surface area (Å²) in [6.45, 7) is 3.52. The zero-order valence-corrected chi connectivity index (χ0v) is 11.6. The minimum absolute atomic E-state index is 0.0350. The Labute approximate surface area is 116 Å². The molecule has 1 aromatic carbocycles. The maximum atomic E-state index is 12.4. The molecule has 2 fully saturated rings. The van der Waals surface area contributed by atoms with E-state index in [0.29, 0.717) is 27.7 Å². The van der Waals surface area contributed by atoms with E-state index in [9.17, 15) is 4.79 Å². The Balaban J connectivity index is 1.89. The van der Waals surface area contributed by atoms with Crippen LogP contribution in [-0.2, 0) is 0 Å². The number of fused-ring (bicyclic) bond motifs is 2. The Morgan fingerprint density at radius 1 is 1.39 bits per heavy atom. The van der Waals surface area contributed by atoms with Gasteiger partial charge in [0, 0.05) is 40.8 Å². The van der Waals surface area contributed by atoms with Gasteiger partial charge in [-0.3, -0.25) is 4.79 Å². The lowest BCUT2D eigenvalue weighted by molar-refractivity contribution is 0.0716. The van der Waals surface area contributed by atoms with Crippen molar-refractivity contribution in [2.45, 2.75) is 25.4 Å². The second kappa shape index (κ2) is 4.41. The molecule has 1 amide bonds. The summed E-state index contributed by atoms with van der Waals surface area (Å²) in [4.78, 5) is 14.4. The van der Waals surface area contributed by atoms with Crippen LogP contribution in [0.25, 0.3) is 0 Å². The van der Waals surface area contributed by atoms with Crippen LogP contribution in [0, 0.1) is 6.92 Å². The lowest BCUT2D eigenvalue weighted by atomic mass is 10.1. The summed E-state index contributed by atoms with van der Waals surface area (Å²) in [6.07, 6.45) is 1.05. The number of hydrogen-bond acceptors (Lipinski definition) is 2. The fourth-order valence-corrected chi connectivity index (χ4v) is 3.23. The van der Waals surface area contributed by atoms with Crippen molar-refractivity contribution in [2.75, 3.05) is 13.1 Å². The lowest BCUT2D eigenvalue weighted by Gasteiger charge is -2.27. The highest BCUT2D eigenvalue weighted by Crippen LogP contribution is 2.29. The molecule has 3 rings (SSSR count). The van der Waals surface area contributed by atoms with Crippen molar-refractivity contribution >= 4 is 29.1 Å². The predicted molar refractivity (Wildman–Crippen MR) is 72.4 cm³/mol. The summed E-state index contributed by atoms with van der Waals surface area (Å²) in [5.74, 6) is 0.0350. The normalized spacial score (nSPS) is 25.8. The van der Waals surface area contributed by atoms with Crippen LogP contribution in [0.15, 0.2) is 12.1 Å². The minimum atomic E-state index is 0.0350. The Bertz CT molecular complexity index is 495. The molecule has 0 spiro atoms. The first-order valence-corrected chi connectivity index (χ1v) is 6.82. The van der Waals surface area contributed by atoms with E-state index in [1.54, 1.807) is 12.1 Å². The van der Waals surface area contributed by atoms with E-state index in [-0.39, 0.29) is 5.91 Å². The highest BCUT2D eigenvalue weighted by atomic mass is 35.5. The third-order valence-electron chi connectivity index (χ3n) is 3.85. The van der Waals surface area contributed by atoms with Gasteiger partial charge >= 0.3 is 0 Å². The molecule has 2 unspecified atom stereocenters. The van der Waals surface area contributed by atoms with Crippen molar-refractivity contribution in [3.63, 3.8) is 0 Å². The zero-order chi connectivity index (χ0) is 12.9. The molecule has 2 aliphatic rings. The van der Waals surface area contributed by atoms with Gasteiger partial charge in [-0.2, -0.15) is 0 Å². The number of nitrogens with zero attached hydrogens (tertiary/aromatic N) is 1. The average Bonchev–Trinajstić information content (AvgIpc) is 2.96. The largest absolute Gasteiger partial charge is 0.333 e. The number of rotatable bonds is 1. The summed E-state index contributed by atoms with van der Waals surface area (Å²) in [5, 5.41) is 4.48. The fourth-order valence-electron chi connectivity index (χ4n) is 2.74. The van der Waals surface area contributed by atoms with E-state index < -0.39 is 0 Å². The molecule has 2 bridgehead atoms. The molecule has 2 heterocycles. The molecule has 2 saturated heterocycles. The minimum Gasteiger partial charge on any atom is -0.333 e.